The molecular weight excluding hydrogens is 129 g/mol. The zero-order valence-electron chi connectivity index (χ0n) is 5.92. The second-order valence-corrected chi connectivity index (χ2v) is 3.04. The van der Waals surface area contributed by atoms with Crippen molar-refractivity contribution >= 4 is 24.4 Å². The molecule has 1 saturated heterocycles. The van der Waals surface area contributed by atoms with Crippen molar-refractivity contribution in [2.75, 3.05) is 6.54 Å². The maximum atomic E-state index is 5.09. The standard InChI is InChI=1S/C6H11BNS/c1-5(2)8-4-3-7-6(8)9/h5H,3-4H2,1-2H3. The fourth-order valence-electron chi connectivity index (χ4n) is 1.07. The molecule has 0 saturated carbocycles. The summed E-state index contributed by atoms with van der Waals surface area (Å²) in [4.78, 5) is 3.28. The molecule has 3 heteroatoms. The van der Waals surface area contributed by atoms with E-state index in [1.807, 2.05) is 0 Å². The molecule has 1 aliphatic rings. The Labute approximate surface area is 62.7 Å². The third-order valence-corrected chi connectivity index (χ3v) is 2.00. The molecule has 49 valence electrons. The zero-order chi connectivity index (χ0) is 6.85. The second-order valence-electron chi connectivity index (χ2n) is 2.62. The summed E-state index contributed by atoms with van der Waals surface area (Å²) < 4.78 is 0. The Kier molecular flexibility index (Phi) is 2.11. The molecule has 0 amide bonds. The van der Waals surface area contributed by atoms with Crippen LogP contribution < -0.4 is 0 Å². The van der Waals surface area contributed by atoms with E-state index in [1.54, 1.807) is 0 Å². The van der Waals surface area contributed by atoms with E-state index in [4.69, 9.17) is 12.2 Å². The van der Waals surface area contributed by atoms with Crippen LogP contribution in [-0.4, -0.2) is 29.7 Å². The lowest BCUT2D eigenvalue weighted by atomic mass is 9.78. The smallest absolute Gasteiger partial charge is 0.191 e. The van der Waals surface area contributed by atoms with Gasteiger partial charge in [-0.25, -0.2) is 0 Å². The zero-order valence-corrected chi connectivity index (χ0v) is 6.74. The lowest BCUT2D eigenvalue weighted by Crippen LogP contribution is -2.31. The lowest BCUT2D eigenvalue weighted by molar-refractivity contribution is 0.388. The van der Waals surface area contributed by atoms with Gasteiger partial charge in [-0.1, -0.05) is 18.5 Å². The molecule has 1 rings (SSSR count). The topological polar surface area (TPSA) is 3.24 Å². The molecule has 0 aromatic carbocycles. The minimum atomic E-state index is 0.580. The third-order valence-electron chi connectivity index (χ3n) is 1.60. The number of rotatable bonds is 1. The molecule has 0 atom stereocenters. The van der Waals surface area contributed by atoms with Crippen LogP contribution in [0.5, 0.6) is 0 Å². The van der Waals surface area contributed by atoms with Gasteiger partial charge in [-0.2, -0.15) is 0 Å². The van der Waals surface area contributed by atoms with Gasteiger partial charge in [0, 0.05) is 17.5 Å². The van der Waals surface area contributed by atoms with Crippen LogP contribution in [-0.2, 0) is 0 Å². The summed E-state index contributed by atoms with van der Waals surface area (Å²) in [7, 11) is 2.12. The van der Waals surface area contributed by atoms with E-state index in [2.05, 4.69) is 26.0 Å². The first-order valence-corrected chi connectivity index (χ1v) is 3.76. The first-order chi connectivity index (χ1) is 4.22. The molecule has 0 aromatic heterocycles. The summed E-state index contributed by atoms with van der Waals surface area (Å²) in [6, 6.07) is 0.580. The summed E-state index contributed by atoms with van der Waals surface area (Å²) in [5.41, 5.74) is 0. The van der Waals surface area contributed by atoms with E-state index in [1.165, 1.54) is 0 Å². The highest BCUT2D eigenvalue weighted by Crippen LogP contribution is 2.08. The Hall–Kier alpha value is -0.0451. The molecule has 1 nitrogen and oxygen atoms in total. The monoisotopic (exact) mass is 140 g/mol. The van der Waals surface area contributed by atoms with Crippen LogP contribution in [0.25, 0.3) is 0 Å². The summed E-state index contributed by atoms with van der Waals surface area (Å²) in [6.45, 7) is 5.47. The molecule has 1 heterocycles. The van der Waals surface area contributed by atoms with Gasteiger partial charge in [0.05, 0.1) is 0 Å². The maximum Gasteiger partial charge on any atom is 0.191 e. The third kappa shape index (κ3) is 1.45. The van der Waals surface area contributed by atoms with E-state index in [-0.39, 0.29) is 0 Å². The van der Waals surface area contributed by atoms with Crippen molar-refractivity contribution in [2.24, 2.45) is 0 Å². The molecule has 9 heavy (non-hydrogen) atoms. The van der Waals surface area contributed by atoms with E-state index in [0.717, 1.165) is 17.8 Å². The second kappa shape index (κ2) is 2.69. The number of hydrogen-bond donors (Lipinski definition) is 0. The average molecular weight is 140 g/mol. The Balaban J connectivity index is 2.49. The van der Waals surface area contributed by atoms with Gasteiger partial charge < -0.3 is 4.90 Å². The van der Waals surface area contributed by atoms with Crippen LogP contribution in [0.15, 0.2) is 0 Å². The predicted molar refractivity (Wildman–Crippen MR) is 45.0 cm³/mol. The average Bonchev–Trinajstić information content (AvgIpc) is 2.13. The van der Waals surface area contributed by atoms with Crippen molar-refractivity contribution in [1.82, 2.24) is 4.90 Å². The van der Waals surface area contributed by atoms with Gasteiger partial charge in [0.1, 0.15) is 0 Å². The van der Waals surface area contributed by atoms with Gasteiger partial charge in [-0.15, -0.1) is 0 Å². The lowest BCUT2D eigenvalue weighted by Gasteiger charge is -2.22. The van der Waals surface area contributed by atoms with Crippen molar-refractivity contribution in [3.63, 3.8) is 0 Å². The number of thiocarbonyl (C=S) groups is 1. The van der Waals surface area contributed by atoms with Crippen molar-refractivity contribution in [1.29, 1.82) is 0 Å². The van der Waals surface area contributed by atoms with Crippen LogP contribution in [0.1, 0.15) is 13.8 Å². The van der Waals surface area contributed by atoms with E-state index >= 15 is 0 Å². The van der Waals surface area contributed by atoms with Gasteiger partial charge in [0.2, 0.25) is 0 Å². The molecule has 1 radical (unpaired) electrons. The maximum absolute atomic E-state index is 5.09. The SMILES string of the molecule is CC(C)N1CC[B]C1=S. The van der Waals surface area contributed by atoms with Crippen LogP contribution in [0.3, 0.4) is 0 Å². The Morgan fingerprint density at radius 2 is 2.33 bits per heavy atom. The summed E-state index contributed by atoms with van der Waals surface area (Å²) in [5.74, 6) is 0. The summed E-state index contributed by atoms with van der Waals surface area (Å²) >= 11 is 5.09. The van der Waals surface area contributed by atoms with Crippen molar-refractivity contribution in [2.45, 2.75) is 26.2 Å². The Morgan fingerprint density at radius 1 is 1.67 bits per heavy atom. The number of nitrogens with zero attached hydrogens (tertiary/aromatic N) is 1. The van der Waals surface area contributed by atoms with Crippen LogP contribution in [0, 0.1) is 0 Å². The minimum Gasteiger partial charge on any atom is -0.373 e. The van der Waals surface area contributed by atoms with E-state index in [9.17, 15) is 0 Å². The fraction of sp³-hybridized carbons (Fsp3) is 0.833. The van der Waals surface area contributed by atoms with Crippen LogP contribution in [0.4, 0.5) is 0 Å². The first-order valence-electron chi connectivity index (χ1n) is 3.35. The molecule has 1 aliphatic heterocycles. The van der Waals surface area contributed by atoms with Crippen LogP contribution >= 0.6 is 12.2 Å². The fourth-order valence-corrected chi connectivity index (χ4v) is 1.49. The normalized spacial score (nSPS) is 19.0. The molecule has 0 aromatic rings. The highest BCUT2D eigenvalue weighted by molar-refractivity contribution is 7.83. The van der Waals surface area contributed by atoms with Crippen molar-refractivity contribution in [3.8, 4) is 0 Å². The molecule has 1 fully saturated rings. The van der Waals surface area contributed by atoms with Crippen LogP contribution in [0.2, 0.25) is 6.32 Å². The minimum absolute atomic E-state index is 0.580. The molecule has 0 unspecified atom stereocenters. The highest BCUT2D eigenvalue weighted by Gasteiger charge is 2.19. The van der Waals surface area contributed by atoms with E-state index in [0.29, 0.717) is 6.04 Å². The molecule has 0 spiro atoms. The predicted octanol–water partition coefficient (Wildman–Crippen LogP) is 1.12. The molecule has 0 N–H and O–H groups in total. The largest absolute Gasteiger partial charge is 0.373 e. The summed E-state index contributed by atoms with van der Waals surface area (Å²) in [6.07, 6.45) is 1.14. The molecular formula is C6H11BNS. The highest BCUT2D eigenvalue weighted by atomic mass is 32.1. The van der Waals surface area contributed by atoms with Gasteiger partial charge in [-0.05, 0) is 13.8 Å². The van der Waals surface area contributed by atoms with Crippen molar-refractivity contribution in [3.05, 3.63) is 0 Å². The number of hydrogen-bond acceptors (Lipinski definition) is 1. The van der Waals surface area contributed by atoms with Gasteiger partial charge in [0.25, 0.3) is 0 Å². The van der Waals surface area contributed by atoms with E-state index < -0.39 is 0 Å². The Bertz CT molecular complexity index is 124. The van der Waals surface area contributed by atoms with Gasteiger partial charge >= 0.3 is 0 Å². The first kappa shape index (κ1) is 7.07. The molecule has 0 aliphatic carbocycles. The molecule has 0 bridgehead atoms. The van der Waals surface area contributed by atoms with Crippen molar-refractivity contribution < 1.29 is 0 Å². The summed E-state index contributed by atoms with van der Waals surface area (Å²) in [5, 5.41) is 0. The van der Waals surface area contributed by atoms with Gasteiger partial charge in [0.15, 0.2) is 7.28 Å². The quantitative estimate of drug-likeness (QED) is 0.396. The Morgan fingerprint density at radius 3 is 2.56 bits per heavy atom. The van der Waals surface area contributed by atoms with Gasteiger partial charge in [-0.3, -0.25) is 0 Å².